The Labute approximate surface area is 204 Å². The molecule has 0 aromatic carbocycles. The highest BCUT2D eigenvalue weighted by molar-refractivity contribution is 6.04. The van der Waals surface area contributed by atoms with Gasteiger partial charge in [-0.15, -0.1) is 0 Å². The van der Waals surface area contributed by atoms with Gasteiger partial charge >= 0.3 is 0 Å². The fourth-order valence-corrected chi connectivity index (χ4v) is 4.69. The Kier molecular flexibility index (Phi) is 9.11. The molecule has 0 spiro atoms. The quantitative estimate of drug-likeness (QED) is 0.431. The number of hydrogen-bond donors (Lipinski definition) is 2. The van der Waals surface area contributed by atoms with Crippen LogP contribution in [0.15, 0.2) is 41.7 Å². The number of allylic oxidation sites excluding steroid dienone is 3. The summed E-state index contributed by atoms with van der Waals surface area (Å²) in [7, 11) is 0. The summed E-state index contributed by atoms with van der Waals surface area (Å²) in [6, 6.07) is 0. The molecule has 3 heterocycles. The molecule has 0 unspecified atom stereocenters. The molecule has 1 saturated heterocycles. The van der Waals surface area contributed by atoms with Gasteiger partial charge < -0.3 is 20.1 Å². The molecule has 1 fully saturated rings. The first-order valence-corrected chi connectivity index (χ1v) is 12.5. The van der Waals surface area contributed by atoms with Crippen molar-refractivity contribution in [2.75, 3.05) is 32.7 Å². The molecule has 0 aliphatic carbocycles. The molecule has 184 valence electrons. The van der Waals surface area contributed by atoms with Crippen LogP contribution in [0, 0.1) is 6.92 Å². The number of H-pyrrole nitrogens is 1. The van der Waals surface area contributed by atoms with E-state index < -0.39 is 0 Å². The highest BCUT2D eigenvalue weighted by atomic mass is 16.2. The van der Waals surface area contributed by atoms with Crippen LogP contribution in [-0.4, -0.2) is 59.3 Å². The van der Waals surface area contributed by atoms with Gasteiger partial charge in [0.25, 0.3) is 11.8 Å². The van der Waals surface area contributed by atoms with Crippen molar-refractivity contribution < 1.29 is 9.59 Å². The van der Waals surface area contributed by atoms with Gasteiger partial charge in [-0.1, -0.05) is 24.6 Å². The highest BCUT2D eigenvalue weighted by Crippen LogP contribution is 2.28. The Morgan fingerprint density at radius 1 is 1.09 bits per heavy atom. The lowest BCUT2D eigenvalue weighted by Gasteiger charge is -2.29. The van der Waals surface area contributed by atoms with Crippen LogP contribution in [-0.2, 0) is 11.2 Å². The van der Waals surface area contributed by atoms with Crippen molar-refractivity contribution in [1.82, 2.24) is 20.1 Å². The molecular weight excluding hydrogens is 424 g/mol. The van der Waals surface area contributed by atoms with E-state index in [1.165, 1.54) is 19.3 Å². The number of fused-ring (bicyclic) bond motifs is 1. The Bertz CT molecular complexity index is 1000. The highest BCUT2D eigenvalue weighted by Gasteiger charge is 2.28. The lowest BCUT2D eigenvalue weighted by Crippen LogP contribution is -2.40. The number of likely N-dealkylation sites (tertiary alicyclic amines) is 1. The summed E-state index contributed by atoms with van der Waals surface area (Å²) in [4.78, 5) is 34.4. The lowest BCUT2D eigenvalue weighted by molar-refractivity contribution is -0.116. The van der Waals surface area contributed by atoms with Crippen LogP contribution >= 0.6 is 0 Å². The van der Waals surface area contributed by atoms with Gasteiger partial charge in [0, 0.05) is 42.8 Å². The number of aromatic nitrogens is 1. The Morgan fingerprint density at radius 2 is 1.82 bits per heavy atom. The monoisotopic (exact) mass is 464 g/mol. The molecule has 2 amide bonds. The summed E-state index contributed by atoms with van der Waals surface area (Å²) in [5.41, 5.74) is 6.08. The zero-order valence-corrected chi connectivity index (χ0v) is 21.3. The minimum Gasteiger partial charge on any atom is -0.358 e. The van der Waals surface area contributed by atoms with Crippen LogP contribution in [0.4, 0.5) is 0 Å². The summed E-state index contributed by atoms with van der Waals surface area (Å²) in [5, 5.41) is 2.81. The summed E-state index contributed by atoms with van der Waals surface area (Å²) in [6.45, 7) is 16.4. The van der Waals surface area contributed by atoms with Crippen molar-refractivity contribution in [2.45, 2.75) is 59.8 Å². The normalized spacial score (nSPS) is 17.5. The van der Waals surface area contributed by atoms with E-state index in [1.807, 2.05) is 38.7 Å². The van der Waals surface area contributed by atoms with Crippen LogP contribution in [0.1, 0.15) is 73.8 Å². The molecule has 0 saturated carbocycles. The number of piperidine rings is 1. The SMILES string of the molecule is C=C/C=C/NC(=O)/C(=C\c1[nH]c2c(c1C)C(=O)N(CCN1CCCCC1)CCC2)C(C)=C(C)C. The second-order valence-electron chi connectivity index (χ2n) is 9.57. The Hall–Kier alpha value is -2.86. The van der Waals surface area contributed by atoms with Gasteiger partial charge in [-0.25, -0.2) is 0 Å². The minimum atomic E-state index is -0.185. The predicted octanol–water partition coefficient (Wildman–Crippen LogP) is 4.75. The van der Waals surface area contributed by atoms with E-state index in [0.717, 1.165) is 79.2 Å². The summed E-state index contributed by atoms with van der Waals surface area (Å²) < 4.78 is 0. The van der Waals surface area contributed by atoms with Gasteiger partial charge in [0.1, 0.15) is 0 Å². The number of nitrogens with zero attached hydrogens (tertiary/aromatic N) is 2. The van der Waals surface area contributed by atoms with E-state index in [-0.39, 0.29) is 11.8 Å². The van der Waals surface area contributed by atoms with Crippen LogP contribution < -0.4 is 5.32 Å². The maximum Gasteiger partial charge on any atom is 0.256 e. The third-order valence-electron chi connectivity index (χ3n) is 6.99. The van der Waals surface area contributed by atoms with Gasteiger partial charge in [-0.2, -0.15) is 0 Å². The smallest absolute Gasteiger partial charge is 0.256 e. The van der Waals surface area contributed by atoms with Crippen LogP contribution in [0.5, 0.6) is 0 Å². The van der Waals surface area contributed by atoms with Crippen LogP contribution in [0.25, 0.3) is 6.08 Å². The van der Waals surface area contributed by atoms with Gasteiger partial charge in [-0.05, 0) is 89.8 Å². The van der Waals surface area contributed by atoms with Crippen LogP contribution in [0.2, 0.25) is 0 Å². The van der Waals surface area contributed by atoms with E-state index in [0.29, 0.717) is 5.57 Å². The number of carbonyl (C=O) groups excluding carboxylic acids is 2. The van der Waals surface area contributed by atoms with Crippen molar-refractivity contribution >= 4 is 17.9 Å². The average Bonchev–Trinajstić information content (AvgIpc) is 3.04. The predicted molar refractivity (Wildman–Crippen MR) is 140 cm³/mol. The van der Waals surface area contributed by atoms with E-state index in [9.17, 15) is 9.59 Å². The molecule has 1 aromatic rings. The number of aromatic amines is 1. The molecule has 2 N–H and O–H groups in total. The molecule has 6 nitrogen and oxygen atoms in total. The number of rotatable bonds is 8. The van der Waals surface area contributed by atoms with Gasteiger partial charge in [0.15, 0.2) is 0 Å². The molecule has 0 bridgehead atoms. The molecule has 6 heteroatoms. The Morgan fingerprint density at radius 3 is 2.50 bits per heavy atom. The third kappa shape index (κ3) is 6.17. The van der Waals surface area contributed by atoms with Gasteiger partial charge in [0.2, 0.25) is 0 Å². The summed E-state index contributed by atoms with van der Waals surface area (Å²) in [6.07, 6.45) is 12.4. The fraction of sp³-hybridized carbons (Fsp3) is 0.500. The number of amides is 2. The minimum absolute atomic E-state index is 0.108. The van der Waals surface area contributed by atoms with E-state index >= 15 is 0 Å². The number of aryl methyl sites for hydroxylation is 1. The molecular formula is C28H40N4O2. The van der Waals surface area contributed by atoms with Gasteiger partial charge in [-0.3, -0.25) is 9.59 Å². The topological polar surface area (TPSA) is 68.4 Å². The first-order chi connectivity index (χ1) is 16.3. The number of nitrogens with one attached hydrogen (secondary N) is 2. The van der Waals surface area contributed by atoms with Crippen molar-refractivity contribution in [1.29, 1.82) is 0 Å². The average molecular weight is 465 g/mol. The molecule has 2 aliphatic rings. The molecule has 2 aliphatic heterocycles. The molecule has 0 atom stereocenters. The van der Waals surface area contributed by atoms with Crippen molar-refractivity contribution in [3.05, 3.63) is 64.2 Å². The lowest BCUT2D eigenvalue weighted by atomic mass is 9.99. The van der Waals surface area contributed by atoms with Crippen LogP contribution in [0.3, 0.4) is 0 Å². The second-order valence-corrected chi connectivity index (χ2v) is 9.57. The summed E-state index contributed by atoms with van der Waals surface area (Å²) >= 11 is 0. The first kappa shape index (κ1) is 25.8. The number of carbonyl (C=O) groups is 2. The maximum atomic E-state index is 13.5. The molecule has 3 rings (SSSR count). The third-order valence-corrected chi connectivity index (χ3v) is 6.99. The largest absolute Gasteiger partial charge is 0.358 e. The first-order valence-electron chi connectivity index (χ1n) is 12.5. The van der Waals surface area contributed by atoms with Crippen molar-refractivity contribution in [3.8, 4) is 0 Å². The Balaban J connectivity index is 1.87. The molecule has 1 aromatic heterocycles. The number of hydrogen-bond acceptors (Lipinski definition) is 3. The molecule has 34 heavy (non-hydrogen) atoms. The second kappa shape index (κ2) is 12.0. The van der Waals surface area contributed by atoms with Gasteiger partial charge in [0.05, 0.1) is 5.56 Å². The van der Waals surface area contributed by atoms with E-state index in [4.69, 9.17) is 0 Å². The fourth-order valence-electron chi connectivity index (χ4n) is 4.69. The maximum absolute atomic E-state index is 13.5. The van der Waals surface area contributed by atoms with Crippen molar-refractivity contribution in [3.63, 3.8) is 0 Å². The molecule has 0 radical (unpaired) electrons. The summed E-state index contributed by atoms with van der Waals surface area (Å²) in [5.74, 6) is -0.0766. The zero-order chi connectivity index (χ0) is 24.7. The van der Waals surface area contributed by atoms with Crippen molar-refractivity contribution in [2.24, 2.45) is 0 Å². The zero-order valence-electron chi connectivity index (χ0n) is 21.3. The van der Waals surface area contributed by atoms with E-state index in [2.05, 4.69) is 21.8 Å². The standard InChI is InChI=1S/C28H40N4O2/c1-6-7-13-29-27(33)23(21(4)20(2)3)19-25-22(5)26-24(30-25)12-11-16-32(28(26)34)18-17-31-14-9-8-10-15-31/h6-7,13,19,30H,1,8-12,14-18H2,2-5H3,(H,29,33)/b13-7+,23-19-. The van der Waals surface area contributed by atoms with E-state index in [1.54, 1.807) is 18.4 Å².